The Labute approximate surface area is 136 Å². The summed E-state index contributed by atoms with van der Waals surface area (Å²) in [5, 5.41) is 14.6. The van der Waals surface area contributed by atoms with Crippen molar-refractivity contribution in [1.29, 1.82) is 0 Å². The number of hydrogen-bond donors (Lipinski definition) is 1. The lowest BCUT2D eigenvalue weighted by Crippen LogP contribution is -2.35. The highest BCUT2D eigenvalue weighted by Crippen LogP contribution is 2.27. The minimum absolute atomic E-state index is 0.0412. The summed E-state index contributed by atoms with van der Waals surface area (Å²) in [7, 11) is 1.75. The zero-order valence-corrected chi connectivity index (χ0v) is 14.8. The molecule has 1 heterocycles. The number of ether oxygens (including phenoxy) is 1. The number of anilines is 1. The third-order valence-electron chi connectivity index (χ3n) is 3.62. The number of hydrogen-bond acceptors (Lipinski definition) is 6. The van der Waals surface area contributed by atoms with E-state index >= 15 is 0 Å². The fraction of sp³-hybridized carbons (Fsp3) is 0.688. The molecule has 0 fully saturated rings. The predicted molar refractivity (Wildman–Crippen MR) is 89.1 cm³/mol. The summed E-state index contributed by atoms with van der Waals surface area (Å²) < 4.78 is 6.14. The summed E-state index contributed by atoms with van der Waals surface area (Å²) in [6.45, 7) is 10.1. The maximum atomic E-state index is 12.5. The van der Waals surface area contributed by atoms with Gasteiger partial charge in [-0.1, -0.05) is 13.8 Å². The summed E-state index contributed by atoms with van der Waals surface area (Å²) in [6.07, 6.45) is 0.741. The van der Waals surface area contributed by atoms with Crippen LogP contribution < -0.4 is 10.5 Å². The lowest BCUT2D eigenvalue weighted by molar-refractivity contribution is 0.0519. The number of aryl methyl sites for hydroxylation is 1. The second-order valence-corrected chi connectivity index (χ2v) is 6.18. The van der Waals surface area contributed by atoms with Crippen LogP contribution in [0.3, 0.4) is 0 Å². The average molecular weight is 325 g/mol. The van der Waals surface area contributed by atoms with Gasteiger partial charge in [0, 0.05) is 19.6 Å². The van der Waals surface area contributed by atoms with Crippen molar-refractivity contribution in [3.05, 3.63) is 15.9 Å². The SMILES string of the molecule is CCOC(=O)c1c(O)c(N(C)C(C)C)nn(CCC(C)C)c1=O. The van der Waals surface area contributed by atoms with Crippen molar-refractivity contribution in [3.8, 4) is 5.75 Å². The smallest absolute Gasteiger partial charge is 0.347 e. The van der Waals surface area contributed by atoms with Crippen LogP contribution >= 0.6 is 0 Å². The first-order valence-electron chi connectivity index (χ1n) is 7.94. The van der Waals surface area contributed by atoms with Gasteiger partial charge in [-0.3, -0.25) is 4.79 Å². The van der Waals surface area contributed by atoms with Crippen LogP contribution in [0, 0.1) is 5.92 Å². The van der Waals surface area contributed by atoms with E-state index in [1.807, 2.05) is 27.7 Å². The molecule has 7 nitrogen and oxygen atoms in total. The highest BCUT2D eigenvalue weighted by Gasteiger charge is 2.26. The minimum atomic E-state index is -0.825. The van der Waals surface area contributed by atoms with Crippen LogP contribution in [0.1, 0.15) is 51.4 Å². The van der Waals surface area contributed by atoms with Crippen molar-refractivity contribution in [3.63, 3.8) is 0 Å². The second-order valence-electron chi connectivity index (χ2n) is 6.18. The van der Waals surface area contributed by atoms with Crippen molar-refractivity contribution in [2.45, 2.75) is 53.6 Å². The Morgan fingerprint density at radius 1 is 1.35 bits per heavy atom. The Kier molecular flexibility index (Phi) is 6.60. The molecule has 0 saturated carbocycles. The molecule has 0 saturated heterocycles. The molecule has 0 radical (unpaired) electrons. The lowest BCUT2D eigenvalue weighted by Gasteiger charge is -2.24. The van der Waals surface area contributed by atoms with Gasteiger partial charge in [0.2, 0.25) is 0 Å². The van der Waals surface area contributed by atoms with E-state index in [1.54, 1.807) is 18.9 Å². The molecule has 1 N–H and O–H groups in total. The molecule has 0 aliphatic heterocycles. The molecule has 1 rings (SSSR count). The highest BCUT2D eigenvalue weighted by atomic mass is 16.5. The molecule has 0 atom stereocenters. The number of aromatic hydroxyl groups is 1. The number of nitrogens with zero attached hydrogens (tertiary/aromatic N) is 3. The van der Waals surface area contributed by atoms with Gasteiger partial charge in [0.05, 0.1) is 6.61 Å². The number of esters is 1. The van der Waals surface area contributed by atoms with Gasteiger partial charge < -0.3 is 14.7 Å². The van der Waals surface area contributed by atoms with Gasteiger partial charge in [0.25, 0.3) is 5.56 Å². The Hall–Kier alpha value is -2.05. The van der Waals surface area contributed by atoms with Crippen LogP contribution in [0.4, 0.5) is 5.82 Å². The van der Waals surface area contributed by atoms with E-state index in [0.29, 0.717) is 12.5 Å². The normalized spacial score (nSPS) is 11.1. The zero-order valence-electron chi connectivity index (χ0n) is 14.8. The maximum absolute atomic E-state index is 12.5. The first-order valence-corrected chi connectivity index (χ1v) is 7.94. The van der Waals surface area contributed by atoms with Gasteiger partial charge in [0.15, 0.2) is 17.1 Å². The van der Waals surface area contributed by atoms with Crippen LogP contribution in [0.2, 0.25) is 0 Å². The van der Waals surface area contributed by atoms with E-state index < -0.39 is 17.3 Å². The minimum Gasteiger partial charge on any atom is -0.503 e. The molecule has 0 spiro atoms. The molecular formula is C16H27N3O4. The van der Waals surface area contributed by atoms with E-state index in [0.717, 1.165) is 6.42 Å². The molecule has 1 aromatic rings. The molecule has 7 heteroatoms. The Balaban J connectivity index is 3.47. The summed E-state index contributed by atoms with van der Waals surface area (Å²) >= 11 is 0. The lowest BCUT2D eigenvalue weighted by atomic mass is 10.1. The largest absolute Gasteiger partial charge is 0.503 e. The third-order valence-corrected chi connectivity index (χ3v) is 3.62. The van der Waals surface area contributed by atoms with E-state index in [9.17, 15) is 14.7 Å². The van der Waals surface area contributed by atoms with Crippen molar-refractivity contribution in [1.82, 2.24) is 9.78 Å². The highest BCUT2D eigenvalue weighted by molar-refractivity contribution is 5.93. The van der Waals surface area contributed by atoms with Crippen molar-refractivity contribution in [2.75, 3.05) is 18.6 Å². The summed E-state index contributed by atoms with van der Waals surface area (Å²) in [4.78, 5) is 26.3. The maximum Gasteiger partial charge on any atom is 0.347 e. The topological polar surface area (TPSA) is 84.7 Å². The Bertz CT molecular complexity index is 608. The van der Waals surface area contributed by atoms with Gasteiger partial charge in [-0.25, -0.2) is 9.48 Å². The quantitative estimate of drug-likeness (QED) is 0.772. The summed E-state index contributed by atoms with van der Waals surface area (Å²) in [5.74, 6) is -0.666. The molecule has 0 amide bonds. The number of carbonyl (C=O) groups is 1. The summed E-state index contributed by atoms with van der Waals surface area (Å²) in [5.41, 5.74) is -0.976. The van der Waals surface area contributed by atoms with Crippen molar-refractivity contribution in [2.24, 2.45) is 5.92 Å². The van der Waals surface area contributed by atoms with E-state index in [4.69, 9.17) is 4.74 Å². The molecule has 130 valence electrons. The van der Waals surface area contributed by atoms with Gasteiger partial charge in [-0.05, 0) is 33.1 Å². The van der Waals surface area contributed by atoms with Gasteiger partial charge in [-0.15, -0.1) is 5.10 Å². The first-order chi connectivity index (χ1) is 10.7. The average Bonchev–Trinajstić information content (AvgIpc) is 2.45. The molecule has 0 aromatic carbocycles. The standard InChI is InChI=1S/C16H27N3O4/c1-7-23-16(22)12-13(20)14(18(6)11(4)5)17-19(15(12)21)9-8-10(2)3/h10-11,20H,7-9H2,1-6H3. The molecule has 23 heavy (non-hydrogen) atoms. The van der Waals surface area contributed by atoms with Crippen LogP contribution in [0.5, 0.6) is 5.75 Å². The molecule has 0 bridgehead atoms. The van der Waals surface area contributed by atoms with Crippen LogP contribution in [-0.4, -0.2) is 40.6 Å². The zero-order chi connectivity index (χ0) is 17.7. The van der Waals surface area contributed by atoms with Crippen LogP contribution in [0.15, 0.2) is 4.79 Å². The predicted octanol–water partition coefficient (Wildman–Crippen LogP) is 2.02. The van der Waals surface area contributed by atoms with E-state index in [-0.39, 0.29) is 24.0 Å². The number of carbonyl (C=O) groups excluding carboxylic acids is 1. The van der Waals surface area contributed by atoms with Gasteiger partial charge >= 0.3 is 5.97 Å². The van der Waals surface area contributed by atoms with Gasteiger partial charge in [-0.2, -0.15) is 0 Å². The van der Waals surface area contributed by atoms with Crippen molar-refractivity contribution >= 4 is 11.8 Å². The summed E-state index contributed by atoms with van der Waals surface area (Å²) in [6, 6.07) is 0.0412. The number of aromatic nitrogens is 2. The Morgan fingerprint density at radius 2 is 1.96 bits per heavy atom. The molecular weight excluding hydrogens is 298 g/mol. The number of rotatable bonds is 7. The molecule has 1 aromatic heterocycles. The monoisotopic (exact) mass is 325 g/mol. The van der Waals surface area contributed by atoms with Crippen molar-refractivity contribution < 1.29 is 14.6 Å². The first kappa shape index (κ1) is 19.0. The van der Waals surface area contributed by atoms with E-state index in [1.165, 1.54) is 4.68 Å². The molecule has 0 unspecified atom stereocenters. The second kappa shape index (κ2) is 7.99. The van der Waals surface area contributed by atoms with Gasteiger partial charge in [0.1, 0.15) is 0 Å². The van der Waals surface area contributed by atoms with E-state index in [2.05, 4.69) is 5.10 Å². The third kappa shape index (κ3) is 4.46. The molecule has 0 aliphatic carbocycles. The fourth-order valence-electron chi connectivity index (χ4n) is 1.95. The van der Waals surface area contributed by atoms with Crippen LogP contribution in [-0.2, 0) is 11.3 Å². The fourth-order valence-corrected chi connectivity index (χ4v) is 1.95. The Morgan fingerprint density at radius 3 is 2.43 bits per heavy atom. The molecule has 0 aliphatic rings. The van der Waals surface area contributed by atoms with Crippen LogP contribution in [0.25, 0.3) is 0 Å².